The second-order valence-corrected chi connectivity index (χ2v) is 6.15. The molecule has 2 aromatic rings. The number of amides is 2. The standard InChI is InChI=1S/C18H17FN2O3/c19-13-6-5-12-7-9-21(15(12)11-13)17(22)14-3-1-8-20(14)18(23)16-4-2-10-24-16/h2,4-6,10-11,14H,1,3,7-9H2/t14-/m0/s1. The number of furan rings is 1. The van der Waals surface area contributed by atoms with Crippen LogP contribution in [0.2, 0.25) is 0 Å². The topological polar surface area (TPSA) is 53.8 Å². The van der Waals surface area contributed by atoms with E-state index < -0.39 is 6.04 Å². The van der Waals surface area contributed by atoms with Crippen LogP contribution in [0.25, 0.3) is 0 Å². The third kappa shape index (κ3) is 2.38. The van der Waals surface area contributed by atoms with E-state index in [2.05, 4.69) is 0 Å². The first kappa shape index (κ1) is 14.9. The Morgan fingerprint density at radius 1 is 1.21 bits per heavy atom. The molecule has 24 heavy (non-hydrogen) atoms. The number of halogens is 1. The van der Waals surface area contributed by atoms with E-state index in [4.69, 9.17) is 4.42 Å². The zero-order valence-corrected chi connectivity index (χ0v) is 13.1. The van der Waals surface area contributed by atoms with Gasteiger partial charge in [0.05, 0.1) is 6.26 Å². The quantitative estimate of drug-likeness (QED) is 0.851. The fourth-order valence-electron chi connectivity index (χ4n) is 3.57. The summed E-state index contributed by atoms with van der Waals surface area (Å²) in [4.78, 5) is 28.7. The molecule has 0 N–H and O–H groups in total. The molecule has 2 amide bonds. The van der Waals surface area contributed by atoms with Crippen LogP contribution in [0, 0.1) is 5.82 Å². The van der Waals surface area contributed by atoms with Crippen LogP contribution in [0.5, 0.6) is 0 Å². The maximum atomic E-state index is 13.6. The lowest BCUT2D eigenvalue weighted by Crippen LogP contribution is -2.47. The van der Waals surface area contributed by atoms with Crippen LogP contribution >= 0.6 is 0 Å². The molecule has 0 radical (unpaired) electrons. The molecule has 2 aliphatic heterocycles. The molecule has 124 valence electrons. The molecule has 4 rings (SSSR count). The summed E-state index contributed by atoms with van der Waals surface area (Å²) in [6, 6.07) is 7.26. The smallest absolute Gasteiger partial charge is 0.290 e. The third-order valence-electron chi connectivity index (χ3n) is 4.74. The Morgan fingerprint density at radius 2 is 2.08 bits per heavy atom. The van der Waals surface area contributed by atoms with Crippen molar-refractivity contribution < 1.29 is 18.4 Å². The van der Waals surface area contributed by atoms with Gasteiger partial charge in [0.25, 0.3) is 5.91 Å². The predicted octanol–water partition coefficient (Wildman–Crippen LogP) is 2.61. The lowest BCUT2D eigenvalue weighted by Gasteiger charge is -2.27. The van der Waals surface area contributed by atoms with Crippen LogP contribution in [0.3, 0.4) is 0 Å². The van der Waals surface area contributed by atoms with Crippen LogP contribution < -0.4 is 4.90 Å². The summed E-state index contributed by atoms with van der Waals surface area (Å²) >= 11 is 0. The van der Waals surface area contributed by atoms with Gasteiger partial charge in [-0.25, -0.2) is 4.39 Å². The highest BCUT2D eigenvalue weighted by molar-refractivity contribution is 6.03. The molecule has 1 atom stereocenters. The summed E-state index contributed by atoms with van der Waals surface area (Å²) < 4.78 is 18.7. The van der Waals surface area contributed by atoms with Crippen molar-refractivity contribution in [2.75, 3.05) is 18.0 Å². The molecule has 3 heterocycles. The maximum absolute atomic E-state index is 13.6. The lowest BCUT2D eigenvalue weighted by molar-refractivity contribution is -0.122. The van der Waals surface area contributed by atoms with Crippen LogP contribution in [-0.4, -0.2) is 35.8 Å². The molecule has 1 aromatic carbocycles. The van der Waals surface area contributed by atoms with Gasteiger partial charge in [-0.2, -0.15) is 0 Å². The van der Waals surface area contributed by atoms with Crippen molar-refractivity contribution in [1.82, 2.24) is 4.90 Å². The molecule has 0 unspecified atom stereocenters. The van der Waals surface area contributed by atoms with E-state index in [0.29, 0.717) is 31.6 Å². The highest BCUT2D eigenvalue weighted by atomic mass is 19.1. The van der Waals surface area contributed by atoms with Crippen molar-refractivity contribution in [2.24, 2.45) is 0 Å². The van der Waals surface area contributed by atoms with Crippen LogP contribution in [-0.2, 0) is 11.2 Å². The first-order chi connectivity index (χ1) is 11.6. The Hall–Kier alpha value is -2.63. The number of anilines is 1. The SMILES string of the molecule is O=C([C@@H]1CCCN1C(=O)c1ccco1)N1CCc2ccc(F)cc21. The number of carbonyl (C=O) groups excluding carboxylic acids is 2. The monoisotopic (exact) mass is 328 g/mol. The molecular formula is C18H17FN2O3. The minimum absolute atomic E-state index is 0.142. The minimum Gasteiger partial charge on any atom is -0.459 e. The number of benzene rings is 1. The summed E-state index contributed by atoms with van der Waals surface area (Å²) in [5.74, 6) is -0.530. The zero-order valence-electron chi connectivity index (χ0n) is 13.1. The Labute approximate surface area is 138 Å². The average Bonchev–Trinajstić information content (AvgIpc) is 3.32. The van der Waals surface area contributed by atoms with E-state index in [1.807, 2.05) is 0 Å². The van der Waals surface area contributed by atoms with E-state index in [9.17, 15) is 14.0 Å². The average molecular weight is 328 g/mol. The summed E-state index contributed by atoms with van der Waals surface area (Å²) in [7, 11) is 0. The number of hydrogen-bond donors (Lipinski definition) is 0. The van der Waals surface area contributed by atoms with Crippen LogP contribution in [0.15, 0.2) is 41.0 Å². The summed E-state index contributed by atoms with van der Waals surface area (Å²) in [5.41, 5.74) is 1.59. The Kier molecular flexibility index (Phi) is 3.59. The molecule has 1 saturated heterocycles. The second-order valence-electron chi connectivity index (χ2n) is 6.15. The molecule has 0 aliphatic carbocycles. The first-order valence-corrected chi connectivity index (χ1v) is 8.09. The molecule has 1 fully saturated rings. The highest BCUT2D eigenvalue weighted by Crippen LogP contribution is 2.31. The molecule has 2 aliphatic rings. The summed E-state index contributed by atoms with van der Waals surface area (Å²) in [6.07, 6.45) is 3.54. The predicted molar refractivity (Wildman–Crippen MR) is 85.2 cm³/mol. The third-order valence-corrected chi connectivity index (χ3v) is 4.74. The van der Waals surface area contributed by atoms with E-state index in [0.717, 1.165) is 12.0 Å². The molecule has 0 saturated carbocycles. The summed E-state index contributed by atoms with van der Waals surface area (Å²) in [5, 5.41) is 0. The molecule has 6 heteroatoms. The van der Waals surface area contributed by atoms with E-state index in [1.54, 1.807) is 28.0 Å². The van der Waals surface area contributed by atoms with E-state index in [-0.39, 0.29) is 23.4 Å². The Balaban J connectivity index is 1.59. The van der Waals surface area contributed by atoms with Crippen LogP contribution in [0.4, 0.5) is 10.1 Å². The van der Waals surface area contributed by atoms with Crippen LogP contribution in [0.1, 0.15) is 29.0 Å². The number of rotatable bonds is 2. The maximum Gasteiger partial charge on any atom is 0.290 e. The number of hydrogen-bond acceptors (Lipinski definition) is 3. The van der Waals surface area contributed by atoms with Crippen molar-refractivity contribution in [3.63, 3.8) is 0 Å². The van der Waals surface area contributed by atoms with Gasteiger partial charge in [0.15, 0.2) is 5.76 Å². The Morgan fingerprint density at radius 3 is 2.88 bits per heavy atom. The highest BCUT2D eigenvalue weighted by Gasteiger charge is 2.39. The zero-order chi connectivity index (χ0) is 16.7. The fourth-order valence-corrected chi connectivity index (χ4v) is 3.57. The number of likely N-dealkylation sites (tertiary alicyclic amines) is 1. The van der Waals surface area contributed by atoms with Gasteiger partial charge in [0, 0.05) is 18.8 Å². The molecular weight excluding hydrogens is 311 g/mol. The largest absolute Gasteiger partial charge is 0.459 e. The molecule has 5 nitrogen and oxygen atoms in total. The van der Waals surface area contributed by atoms with Crippen molar-refractivity contribution in [2.45, 2.75) is 25.3 Å². The van der Waals surface area contributed by atoms with Gasteiger partial charge in [-0.15, -0.1) is 0 Å². The molecule has 0 bridgehead atoms. The summed E-state index contributed by atoms with van der Waals surface area (Å²) in [6.45, 7) is 1.05. The van der Waals surface area contributed by atoms with Gasteiger partial charge in [-0.05, 0) is 49.1 Å². The Bertz CT molecular complexity index is 788. The van der Waals surface area contributed by atoms with Gasteiger partial charge < -0.3 is 14.2 Å². The van der Waals surface area contributed by atoms with Gasteiger partial charge in [-0.1, -0.05) is 6.07 Å². The van der Waals surface area contributed by atoms with E-state index >= 15 is 0 Å². The van der Waals surface area contributed by atoms with Crippen molar-refractivity contribution in [1.29, 1.82) is 0 Å². The van der Waals surface area contributed by atoms with Gasteiger partial charge in [0.2, 0.25) is 5.91 Å². The van der Waals surface area contributed by atoms with Gasteiger partial charge in [-0.3, -0.25) is 9.59 Å². The molecule has 1 aromatic heterocycles. The van der Waals surface area contributed by atoms with E-state index in [1.165, 1.54) is 18.4 Å². The van der Waals surface area contributed by atoms with Gasteiger partial charge in [0.1, 0.15) is 11.9 Å². The number of carbonyl (C=O) groups is 2. The second kappa shape index (κ2) is 5.78. The number of nitrogens with zero attached hydrogens (tertiary/aromatic N) is 2. The number of fused-ring (bicyclic) bond motifs is 1. The fraction of sp³-hybridized carbons (Fsp3) is 0.333. The van der Waals surface area contributed by atoms with Crippen molar-refractivity contribution in [3.8, 4) is 0 Å². The lowest BCUT2D eigenvalue weighted by atomic mass is 10.1. The normalized spacial score (nSPS) is 19.6. The van der Waals surface area contributed by atoms with Gasteiger partial charge >= 0.3 is 0 Å². The first-order valence-electron chi connectivity index (χ1n) is 8.09. The van der Waals surface area contributed by atoms with Crippen molar-refractivity contribution in [3.05, 3.63) is 53.7 Å². The minimum atomic E-state index is -0.517. The molecule has 0 spiro atoms. The van der Waals surface area contributed by atoms with Crippen molar-refractivity contribution >= 4 is 17.5 Å².